The molecular formula is C16H16N2O3S. The van der Waals surface area contributed by atoms with E-state index in [1.807, 2.05) is 18.2 Å². The van der Waals surface area contributed by atoms with E-state index in [9.17, 15) is 0 Å². The minimum Gasteiger partial charge on any atom is -0.494 e. The lowest BCUT2D eigenvalue weighted by Crippen LogP contribution is -2.01. The highest BCUT2D eigenvalue weighted by molar-refractivity contribution is 7.71. The second-order valence-electron chi connectivity index (χ2n) is 4.43. The van der Waals surface area contributed by atoms with E-state index in [1.54, 1.807) is 31.5 Å². The van der Waals surface area contributed by atoms with Crippen molar-refractivity contribution in [3.8, 4) is 23.3 Å². The number of rotatable bonds is 7. The molecule has 0 unspecified atom stereocenters. The van der Waals surface area contributed by atoms with Crippen LogP contribution in [0.15, 0.2) is 36.5 Å². The number of pyridine rings is 1. The van der Waals surface area contributed by atoms with E-state index in [0.29, 0.717) is 34.9 Å². The van der Waals surface area contributed by atoms with Gasteiger partial charge in [0, 0.05) is 26.3 Å². The number of H-pyrrole nitrogens is 1. The molecule has 22 heavy (non-hydrogen) atoms. The zero-order valence-corrected chi connectivity index (χ0v) is 13.0. The van der Waals surface area contributed by atoms with Crippen molar-refractivity contribution >= 4 is 12.2 Å². The summed E-state index contributed by atoms with van der Waals surface area (Å²) < 4.78 is 16.6. The van der Waals surface area contributed by atoms with Gasteiger partial charge in [-0.05, 0) is 30.3 Å². The van der Waals surface area contributed by atoms with E-state index in [2.05, 4.69) is 4.98 Å². The monoisotopic (exact) mass is 316 g/mol. The first-order chi connectivity index (χ1) is 10.7. The Morgan fingerprint density at radius 1 is 1.14 bits per heavy atom. The van der Waals surface area contributed by atoms with Crippen molar-refractivity contribution in [3.63, 3.8) is 0 Å². The van der Waals surface area contributed by atoms with Crippen LogP contribution in [0.5, 0.6) is 17.2 Å². The van der Waals surface area contributed by atoms with Crippen molar-refractivity contribution < 1.29 is 14.2 Å². The first-order valence-electron chi connectivity index (χ1n) is 6.76. The van der Waals surface area contributed by atoms with Crippen LogP contribution in [-0.4, -0.2) is 25.3 Å². The zero-order valence-electron chi connectivity index (χ0n) is 12.2. The van der Waals surface area contributed by atoms with Gasteiger partial charge in [-0.3, -0.25) is 0 Å². The highest BCUT2D eigenvalue weighted by Crippen LogP contribution is 2.26. The maximum Gasteiger partial charge on any atom is 0.149 e. The summed E-state index contributed by atoms with van der Waals surface area (Å²) in [5.74, 6) is 1.80. The van der Waals surface area contributed by atoms with Gasteiger partial charge >= 0.3 is 0 Å². The van der Waals surface area contributed by atoms with Crippen molar-refractivity contribution in [1.29, 1.82) is 5.26 Å². The summed E-state index contributed by atoms with van der Waals surface area (Å²) in [6.45, 7) is 1.27. The Morgan fingerprint density at radius 3 is 2.55 bits per heavy atom. The molecule has 0 spiro atoms. The molecule has 6 heteroatoms. The summed E-state index contributed by atoms with van der Waals surface area (Å²) >= 11 is 5.06. The van der Waals surface area contributed by atoms with E-state index in [1.165, 1.54) is 0 Å². The van der Waals surface area contributed by atoms with Gasteiger partial charge in [-0.2, -0.15) is 5.26 Å². The molecule has 0 fully saturated rings. The summed E-state index contributed by atoms with van der Waals surface area (Å²) in [7, 11) is 1.66. The van der Waals surface area contributed by atoms with E-state index in [4.69, 9.17) is 31.7 Å². The Labute approximate surface area is 134 Å². The van der Waals surface area contributed by atoms with Gasteiger partial charge in [-0.1, -0.05) is 12.2 Å². The van der Waals surface area contributed by atoms with Crippen LogP contribution in [0.2, 0.25) is 0 Å². The van der Waals surface area contributed by atoms with Crippen molar-refractivity contribution in [2.45, 2.75) is 6.42 Å². The van der Waals surface area contributed by atoms with Crippen molar-refractivity contribution in [2.24, 2.45) is 0 Å². The quantitative estimate of drug-likeness (QED) is 0.621. The lowest BCUT2D eigenvalue weighted by molar-refractivity contribution is 0.172. The third-order valence-corrected chi connectivity index (χ3v) is 3.17. The maximum atomic E-state index is 9.12. The number of aromatic amines is 1. The second kappa shape index (κ2) is 8.17. The van der Waals surface area contributed by atoms with E-state index in [-0.39, 0.29) is 0 Å². The Hall–Kier alpha value is -2.36. The molecule has 0 bridgehead atoms. The normalized spacial score (nSPS) is 10.0. The first-order valence-corrected chi connectivity index (χ1v) is 7.17. The number of nitrogens with one attached hydrogen (secondary N) is 1. The minimum absolute atomic E-state index is 0.317. The molecule has 0 amide bonds. The SMILES string of the molecule is COCCCOc1ccc(Oc2cc[nH]c(=S)c2C#N)cc1. The third kappa shape index (κ3) is 4.32. The van der Waals surface area contributed by atoms with Crippen LogP contribution in [0.1, 0.15) is 12.0 Å². The number of hydrogen-bond donors (Lipinski definition) is 1. The maximum absolute atomic E-state index is 9.12. The molecule has 0 aliphatic rings. The fourth-order valence-corrected chi connectivity index (χ4v) is 1.99. The molecule has 0 atom stereocenters. The molecule has 0 saturated heterocycles. The molecule has 0 aliphatic heterocycles. The third-order valence-electron chi connectivity index (χ3n) is 2.85. The topological polar surface area (TPSA) is 67.3 Å². The summed E-state index contributed by atoms with van der Waals surface area (Å²) in [5, 5.41) is 9.12. The van der Waals surface area contributed by atoms with Crippen LogP contribution >= 0.6 is 12.2 Å². The number of ether oxygens (including phenoxy) is 3. The standard InChI is InChI=1S/C16H16N2O3S/c1-19-9-2-10-20-12-3-5-13(6-4-12)21-15-7-8-18-16(22)14(15)11-17/h3-8H,2,9-10H2,1H3,(H,18,22). The molecular weight excluding hydrogens is 300 g/mol. The highest BCUT2D eigenvalue weighted by atomic mass is 32.1. The van der Waals surface area contributed by atoms with Gasteiger partial charge in [0.25, 0.3) is 0 Å². The van der Waals surface area contributed by atoms with Crippen LogP contribution < -0.4 is 9.47 Å². The van der Waals surface area contributed by atoms with Crippen molar-refractivity contribution in [2.75, 3.05) is 20.3 Å². The predicted molar refractivity (Wildman–Crippen MR) is 84.8 cm³/mol. The Bertz CT molecular complexity index is 705. The van der Waals surface area contributed by atoms with Gasteiger partial charge in [0.05, 0.1) is 6.61 Å². The number of nitriles is 1. The molecule has 0 radical (unpaired) electrons. The molecule has 1 aromatic heterocycles. The van der Waals surface area contributed by atoms with Gasteiger partial charge in [-0.25, -0.2) is 0 Å². The number of benzene rings is 1. The number of methoxy groups -OCH3 is 1. The summed E-state index contributed by atoms with van der Waals surface area (Å²) in [5.41, 5.74) is 0.317. The van der Waals surface area contributed by atoms with Gasteiger partial charge in [0.2, 0.25) is 0 Å². The lowest BCUT2D eigenvalue weighted by atomic mass is 10.3. The molecule has 5 nitrogen and oxygen atoms in total. The van der Waals surface area contributed by atoms with E-state index in [0.717, 1.165) is 12.2 Å². The van der Waals surface area contributed by atoms with Gasteiger partial charge < -0.3 is 19.2 Å². The van der Waals surface area contributed by atoms with Crippen LogP contribution in [0.4, 0.5) is 0 Å². The Morgan fingerprint density at radius 2 is 1.86 bits per heavy atom. The van der Waals surface area contributed by atoms with Crippen LogP contribution in [0, 0.1) is 16.0 Å². The minimum atomic E-state index is 0.317. The predicted octanol–water partition coefficient (Wildman–Crippen LogP) is 3.82. The molecule has 1 N–H and O–H groups in total. The van der Waals surface area contributed by atoms with Gasteiger partial charge in [-0.15, -0.1) is 0 Å². The van der Waals surface area contributed by atoms with E-state index >= 15 is 0 Å². The highest BCUT2D eigenvalue weighted by Gasteiger charge is 2.06. The molecule has 0 aliphatic carbocycles. The van der Waals surface area contributed by atoms with Crippen molar-refractivity contribution in [1.82, 2.24) is 4.98 Å². The summed E-state index contributed by atoms with van der Waals surface area (Å²) in [6.07, 6.45) is 2.48. The largest absolute Gasteiger partial charge is 0.494 e. The fraction of sp³-hybridized carbons (Fsp3) is 0.250. The number of hydrogen-bond acceptors (Lipinski definition) is 5. The summed E-state index contributed by atoms with van der Waals surface area (Å²) in [4.78, 5) is 2.80. The smallest absolute Gasteiger partial charge is 0.149 e. The lowest BCUT2D eigenvalue weighted by Gasteiger charge is -2.09. The zero-order chi connectivity index (χ0) is 15.8. The van der Waals surface area contributed by atoms with Crippen molar-refractivity contribution in [3.05, 3.63) is 46.7 Å². The Balaban J connectivity index is 2.01. The molecule has 1 heterocycles. The summed E-state index contributed by atoms with van der Waals surface area (Å²) in [6, 6.07) is 10.9. The average molecular weight is 316 g/mol. The Kier molecular flexibility index (Phi) is 5.95. The molecule has 2 rings (SSSR count). The molecule has 1 aromatic carbocycles. The number of nitrogens with zero attached hydrogens (tertiary/aromatic N) is 1. The van der Waals surface area contributed by atoms with Crippen LogP contribution in [0.3, 0.4) is 0 Å². The average Bonchev–Trinajstić information content (AvgIpc) is 2.53. The molecule has 2 aromatic rings. The molecule has 114 valence electrons. The molecule has 0 saturated carbocycles. The first kappa shape index (κ1) is 16.0. The van der Waals surface area contributed by atoms with Gasteiger partial charge in [0.1, 0.15) is 33.5 Å². The fourth-order valence-electron chi connectivity index (χ4n) is 1.78. The van der Waals surface area contributed by atoms with E-state index < -0.39 is 0 Å². The number of aromatic nitrogens is 1. The van der Waals surface area contributed by atoms with Crippen LogP contribution in [0.25, 0.3) is 0 Å². The van der Waals surface area contributed by atoms with Crippen LogP contribution in [-0.2, 0) is 4.74 Å². The second-order valence-corrected chi connectivity index (χ2v) is 4.83. The van der Waals surface area contributed by atoms with Gasteiger partial charge in [0.15, 0.2) is 0 Å².